The van der Waals surface area contributed by atoms with Gasteiger partial charge >= 0.3 is 0 Å². The van der Waals surface area contributed by atoms with Crippen molar-refractivity contribution in [1.82, 2.24) is 10.2 Å². The fourth-order valence-electron chi connectivity index (χ4n) is 3.54. The molecule has 0 heterocycles. The van der Waals surface area contributed by atoms with Crippen LogP contribution in [-0.2, 0) is 26.2 Å². The Kier molecular flexibility index (Phi) is 11.0. The molecule has 36 heavy (non-hydrogen) atoms. The predicted octanol–water partition coefficient (Wildman–Crippen LogP) is 5.01. The molecule has 2 amide bonds. The van der Waals surface area contributed by atoms with Crippen LogP contribution in [0.3, 0.4) is 0 Å². The summed E-state index contributed by atoms with van der Waals surface area (Å²) in [5, 5.41) is 3.59. The first-order chi connectivity index (χ1) is 16.9. The summed E-state index contributed by atoms with van der Waals surface area (Å²) in [7, 11) is -3.80. The number of carbonyl (C=O) groups is 2. The van der Waals surface area contributed by atoms with Crippen LogP contribution in [0.1, 0.15) is 45.6 Å². The topological polar surface area (TPSA) is 86.8 Å². The average Bonchev–Trinajstić information content (AvgIpc) is 2.81. The van der Waals surface area contributed by atoms with Crippen LogP contribution < -0.4 is 9.62 Å². The number of nitrogens with one attached hydrogen (secondary N) is 1. The average molecular weight is 561 g/mol. The Morgan fingerprint density at radius 1 is 1.06 bits per heavy atom. The zero-order valence-electron chi connectivity index (χ0n) is 20.8. The van der Waals surface area contributed by atoms with Crippen LogP contribution >= 0.6 is 23.2 Å². The molecular formula is C25H32Cl2FN3O4S. The number of para-hydroxylation sites is 1. The summed E-state index contributed by atoms with van der Waals surface area (Å²) in [6, 6.07) is 9.60. The smallest absolute Gasteiger partial charge is 0.242 e. The van der Waals surface area contributed by atoms with Crippen LogP contribution in [-0.4, -0.2) is 50.0 Å². The van der Waals surface area contributed by atoms with Gasteiger partial charge in [0.2, 0.25) is 21.8 Å². The lowest BCUT2D eigenvalue weighted by molar-refractivity contribution is -0.140. The first-order valence-corrected chi connectivity index (χ1v) is 14.2. The van der Waals surface area contributed by atoms with Gasteiger partial charge in [-0.05, 0) is 51.0 Å². The van der Waals surface area contributed by atoms with E-state index in [0.717, 1.165) is 17.0 Å². The highest BCUT2D eigenvalue weighted by molar-refractivity contribution is 7.92. The van der Waals surface area contributed by atoms with Gasteiger partial charge in [0.15, 0.2) is 0 Å². The second-order valence-corrected chi connectivity index (χ2v) is 11.3. The van der Waals surface area contributed by atoms with Crippen molar-refractivity contribution in [3.63, 3.8) is 0 Å². The molecule has 0 saturated carbocycles. The molecule has 0 radical (unpaired) electrons. The summed E-state index contributed by atoms with van der Waals surface area (Å²) in [6.45, 7) is 5.30. The molecule has 2 atom stereocenters. The van der Waals surface area contributed by atoms with E-state index < -0.39 is 21.9 Å². The van der Waals surface area contributed by atoms with E-state index in [-0.39, 0.29) is 49.5 Å². The molecule has 0 spiro atoms. The SMILES string of the molecule is CC[C@H](C)NC(=O)[C@H](C)N(Cc1c(Cl)cccc1Cl)C(=O)CCCN(c1ccccc1F)S(C)(=O)=O. The normalized spacial score (nSPS) is 13.1. The minimum absolute atomic E-state index is 0.00443. The monoisotopic (exact) mass is 559 g/mol. The van der Waals surface area contributed by atoms with Crippen molar-refractivity contribution < 1.29 is 22.4 Å². The molecule has 2 rings (SSSR count). The van der Waals surface area contributed by atoms with Crippen molar-refractivity contribution in [3.05, 3.63) is 63.9 Å². The maximum Gasteiger partial charge on any atom is 0.242 e. The molecule has 0 aromatic heterocycles. The molecule has 0 aliphatic heterocycles. The van der Waals surface area contributed by atoms with Crippen molar-refractivity contribution in [1.29, 1.82) is 0 Å². The van der Waals surface area contributed by atoms with Crippen molar-refractivity contribution in [2.75, 3.05) is 17.1 Å². The number of halogens is 3. The van der Waals surface area contributed by atoms with Gasteiger partial charge in [0.05, 0.1) is 11.9 Å². The predicted molar refractivity (Wildman–Crippen MR) is 142 cm³/mol. The number of anilines is 1. The van der Waals surface area contributed by atoms with Gasteiger partial charge in [-0.25, -0.2) is 12.8 Å². The number of carbonyl (C=O) groups excluding carboxylic acids is 2. The Bertz CT molecular complexity index is 1160. The number of benzene rings is 2. The van der Waals surface area contributed by atoms with Crippen molar-refractivity contribution in [2.45, 2.75) is 58.7 Å². The number of amides is 2. The third-order valence-electron chi connectivity index (χ3n) is 5.83. The summed E-state index contributed by atoms with van der Waals surface area (Å²) in [5.41, 5.74) is 0.412. The molecule has 0 saturated heterocycles. The van der Waals surface area contributed by atoms with Gasteiger partial charge in [0.1, 0.15) is 11.9 Å². The Hall–Kier alpha value is -2.36. The van der Waals surface area contributed by atoms with Crippen molar-refractivity contribution in [3.8, 4) is 0 Å². The van der Waals surface area contributed by atoms with E-state index in [1.54, 1.807) is 25.1 Å². The number of rotatable bonds is 12. The van der Waals surface area contributed by atoms with Crippen molar-refractivity contribution in [2.24, 2.45) is 0 Å². The van der Waals surface area contributed by atoms with E-state index in [9.17, 15) is 22.4 Å². The summed E-state index contributed by atoms with van der Waals surface area (Å²) in [6.07, 6.45) is 1.73. The first-order valence-electron chi connectivity index (χ1n) is 11.6. The quantitative estimate of drug-likeness (QED) is 0.396. The number of hydrogen-bond donors (Lipinski definition) is 1. The lowest BCUT2D eigenvalue weighted by Gasteiger charge is -2.30. The highest BCUT2D eigenvalue weighted by Crippen LogP contribution is 2.27. The highest BCUT2D eigenvalue weighted by Gasteiger charge is 2.28. The maximum atomic E-state index is 14.3. The number of hydrogen-bond acceptors (Lipinski definition) is 4. The zero-order chi connectivity index (χ0) is 27.0. The number of sulfonamides is 1. The van der Waals surface area contributed by atoms with E-state index >= 15 is 0 Å². The largest absolute Gasteiger partial charge is 0.352 e. The number of nitrogens with zero attached hydrogens (tertiary/aromatic N) is 2. The Balaban J connectivity index is 2.24. The van der Waals surface area contributed by atoms with E-state index in [1.165, 1.54) is 29.2 Å². The third kappa shape index (κ3) is 8.08. The Morgan fingerprint density at radius 3 is 2.22 bits per heavy atom. The molecule has 198 valence electrons. The van der Waals surface area contributed by atoms with Crippen LogP contribution in [0.5, 0.6) is 0 Å². The second kappa shape index (κ2) is 13.3. The molecule has 7 nitrogen and oxygen atoms in total. The summed E-state index contributed by atoms with van der Waals surface area (Å²) < 4.78 is 39.9. The molecule has 11 heteroatoms. The van der Waals surface area contributed by atoms with Gasteiger partial charge in [0, 0.05) is 41.2 Å². The molecule has 0 aliphatic carbocycles. The van der Waals surface area contributed by atoms with Crippen LogP contribution in [0.2, 0.25) is 10.0 Å². The van der Waals surface area contributed by atoms with E-state index in [4.69, 9.17) is 23.2 Å². The Morgan fingerprint density at radius 2 is 1.67 bits per heavy atom. The summed E-state index contributed by atoms with van der Waals surface area (Å²) in [4.78, 5) is 27.6. The van der Waals surface area contributed by atoms with Gasteiger partial charge < -0.3 is 10.2 Å². The third-order valence-corrected chi connectivity index (χ3v) is 7.72. The van der Waals surface area contributed by atoms with Gasteiger partial charge in [-0.1, -0.05) is 48.3 Å². The zero-order valence-corrected chi connectivity index (χ0v) is 23.1. The van der Waals surface area contributed by atoms with Crippen LogP contribution in [0.15, 0.2) is 42.5 Å². The Labute approximate surface area is 222 Å². The van der Waals surface area contributed by atoms with Crippen LogP contribution in [0, 0.1) is 5.82 Å². The van der Waals surface area contributed by atoms with E-state index in [1.807, 2.05) is 13.8 Å². The van der Waals surface area contributed by atoms with Gasteiger partial charge in [0.25, 0.3) is 0 Å². The van der Waals surface area contributed by atoms with E-state index in [0.29, 0.717) is 15.6 Å². The molecule has 0 aliphatic rings. The lowest BCUT2D eigenvalue weighted by Crippen LogP contribution is -2.49. The molecular weight excluding hydrogens is 528 g/mol. The fraction of sp³-hybridized carbons (Fsp3) is 0.440. The van der Waals surface area contributed by atoms with Crippen molar-refractivity contribution >= 4 is 50.7 Å². The van der Waals surface area contributed by atoms with Gasteiger partial charge in [-0.3, -0.25) is 13.9 Å². The standard InChI is InChI=1S/C25H32Cl2FN3O4S/c1-5-17(2)29-25(33)18(3)30(16-19-20(26)10-8-11-21(19)27)24(32)14-9-15-31(36(4,34)35)23-13-7-6-12-22(23)28/h6-8,10-13,17-18H,5,9,14-16H2,1-4H3,(H,29,33)/t17-,18-/m0/s1. The molecule has 1 N–H and O–H groups in total. The minimum Gasteiger partial charge on any atom is -0.352 e. The molecule has 0 fully saturated rings. The highest BCUT2D eigenvalue weighted by atomic mass is 35.5. The maximum absolute atomic E-state index is 14.3. The molecule has 2 aromatic carbocycles. The molecule has 0 bridgehead atoms. The second-order valence-electron chi connectivity index (χ2n) is 8.61. The van der Waals surface area contributed by atoms with Gasteiger partial charge in [-0.15, -0.1) is 0 Å². The van der Waals surface area contributed by atoms with E-state index in [2.05, 4.69) is 5.32 Å². The molecule has 2 aromatic rings. The summed E-state index contributed by atoms with van der Waals surface area (Å²) >= 11 is 12.6. The molecule has 0 unspecified atom stereocenters. The lowest BCUT2D eigenvalue weighted by atomic mass is 10.1. The first kappa shape index (κ1) is 29.9. The van der Waals surface area contributed by atoms with Crippen LogP contribution in [0.4, 0.5) is 10.1 Å². The summed E-state index contributed by atoms with van der Waals surface area (Å²) in [5.74, 6) is -1.40. The minimum atomic E-state index is -3.80. The fourth-order valence-corrected chi connectivity index (χ4v) is 5.02. The van der Waals surface area contributed by atoms with Crippen LogP contribution in [0.25, 0.3) is 0 Å². The van der Waals surface area contributed by atoms with Gasteiger partial charge in [-0.2, -0.15) is 0 Å².